The molecule has 19 heavy (non-hydrogen) atoms. The highest BCUT2D eigenvalue weighted by molar-refractivity contribution is 7.17. The fourth-order valence-corrected chi connectivity index (χ4v) is 3.08. The van der Waals surface area contributed by atoms with Gasteiger partial charge in [0.1, 0.15) is 12.4 Å². The molecule has 3 heteroatoms. The summed E-state index contributed by atoms with van der Waals surface area (Å²) >= 11 is 1.71. The molecule has 3 aromatic rings. The van der Waals surface area contributed by atoms with Crippen molar-refractivity contribution in [3.63, 3.8) is 0 Å². The van der Waals surface area contributed by atoms with Crippen LogP contribution in [0.1, 0.15) is 11.1 Å². The van der Waals surface area contributed by atoms with Crippen LogP contribution in [0.3, 0.4) is 0 Å². The highest BCUT2D eigenvalue weighted by Crippen LogP contribution is 2.29. The highest BCUT2D eigenvalue weighted by Gasteiger charge is 2.06. The molecule has 0 atom stereocenters. The van der Waals surface area contributed by atoms with Gasteiger partial charge in [-0.15, -0.1) is 11.3 Å². The van der Waals surface area contributed by atoms with Gasteiger partial charge in [0.05, 0.1) is 0 Å². The zero-order valence-electron chi connectivity index (χ0n) is 10.7. The summed E-state index contributed by atoms with van der Waals surface area (Å²) in [6.07, 6.45) is 0. The number of ether oxygens (including phenoxy) is 1. The number of fused-ring (bicyclic) bond motifs is 1. The Morgan fingerprint density at radius 3 is 2.84 bits per heavy atom. The van der Waals surface area contributed by atoms with Crippen LogP contribution in [0.15, 0.2) is 47.8 Å². The van der Waals surface area contributed by atoms with E-state index in [0.717, 1.165) is 17.0 Å². The first-order valence-electron chi connectivity index (χ1n) is 6.18. The zero-order valence-corrected chi connectivity index (χ0v) is 11.5. The fourth-order valence-electron chi connectivity index (χ4n) is 2.09. The predicted octanol–water partition coefficient (Wildman–Crippen LogP) is 4.37. The zero-order chi connectivity index (χ0) is 13.2. The van der Waals surface area contributed by atoms with E-state index in [9.17, 15) is 0 Å². The third-order valence-corrected chi connectivity index (χ3v) is 4.15. The van der Waals surface area contributed by atoms with E-state index >= 15 is 0 Å². The first-order chi connectivity index (χ1) is 9.24. The molecule has 0 aliphatic rings. The number of aryl methyl sites for hydroxylation is 1. The number of anilines is 1. The Hall–Kier alpha value is -2.00. The molecule has 2 N–H and O–H groups in total. The second kappa shape index (κ2) is 4.94. The standard InChI is InChI=1S/C16H15NOS/c1-11-4-2-3-5-15(11)18-9-12-10-19-16-8-13(17)6-7-14(12)16/h2-8,10H,9,17H2,1H3. The maximum absolute atomic E-state index is 5.89. The van der Waals surface area contributed by atoms with E-state index in [4.69, 9.17) is 10.5 Å². The van der Waals surface area contributed by atoms with Crippen molar-refractivity contribution in [3.05, 3.63) is 59.0 Å². The van der Waals surface area contributed by atoms with Crippen molar-refractivity contribution in [1.29, 1.82) is 0 Å². The smallest absolute Gasteiger partial charge is 0.122 e. The summed E-state index contributed by atoms with van der Waals surface area (Å²) < 4.78 is 7.11. The number of para-hydroxylation sites is 1. The summed E-state index contributed by atoms with van der Waals surface area (Å²) in [5.41, 5.74) is 8.97. The minimum atomic E-state index is 0.592. The summed E-state index contributed by atoms with van der Waals surface area (Å²) in [6, 6.07) is 14.1. The number of nitrogen functional groups attached to an aromatic ring is 1. The van der Waals surface area contributed by atoms with Crippen LogP contribution in [0.25, 0.3) is 10.1 Å². The molecule has 0 radical (unpaired) electrons. The van der Waals surface area contributed by atoms with Gasteiger partial charge in [-0.3, -0.25) is 0 Å². The molecule has 0 bridgehead atoms. The van der Waals surface area contributed by atoms with Gasteiger partial charge in [-0.2, -0.15) is 0 Å². The van der Waals surface area contributed by atoms with Crippen LogP contribution < -0.4 is 10.5 Å². The number of hydrogen-bond donors (Lipinski definition) is 1. The Labute approximate surface area is 116 Å². The molecule has 2 nitrogen and oxygen atoms in total. The molecule has 0 saturated carbocycles. The predicted molar refractivity (Wildman–Crippen MR) is 81.7 cm³/mol. The van der Waals surface area contributed by atoms with Gasteiger partial charge in [0.15, 0.2) is 0 Å². The van der Waals surface area contributed by atoms with E-state index in [2.05, 4.69) is 24.4 Å². The second-order valence-electron chi connectivity index (χ2n) is 4.57. The Morgan fingerprint density at radius 1 is 1.16 bits per heavy atom. The molecule has 1 heterocycles. The molecule has 2 aromatic carbocycles. The minimum absolute atomic E-state index is 0.592. The van der Waals surface area contributed by atoms with E-state index < -0.39 is 0 Å². The number of rotatable bonds is 3. The van der Waals surface area contributed by atoms with Crippen LogP contribution in [0.4, 0.5) is 5.69 Å². The van der Waals surface area contributed by atoms with Crippen LogP contribution in [0, 0.1) is 6.92 Å². The van der Waals surface area contributed by atoms with Crippen molar-refractivity contribution in [3.8, 4) is 5.75 Å². The third kappa shape index (κ3) is 2.42. The van der Waals surface area contributed by atoms with E-state index in [-0.39, 0.29) is 0 Å². The lowest BCUT2D eigenvalue weighted by Gasteiger charge is -2.08. The molecule has 0 saturated heterocycles. The maximum atomic E-state index is 5.89. The van der Waals surface area contributed by atoms with Crippen LogP contribution in [0.2, 0.25) is 0 Å². The largest absolute Gasteiger partial charge is 0.489 e. The molecule has 96 valence electrons. The molecule has 3 rings (SSSR count). The van der Waals surface area contributed by atoms with Crippen molar-refractivity contribution < 1.29 is 4.74 Å². The topological polar surface area (TPSA) is 35.2 Å². The molecule has 0 aliphatic carbocycles. The molecule has 1 aromatic heterocycles. The molecule has 0 fully saturated rings. The molecular weight excluding hydrogens is 254 g/mol. The van der Waals surface area contributed by atoms with Crippen molar-refractivity contribution in [2.24, 2.45) is 0 Å². The Morgan fingerprint density at radius 2 is 2.00 bits per heavy atom. The van der Waals surface area contributed by atoms with Crippen LogP contribution in [-0.4, -0.2) is 0 Å². The van der Waals surface area contributed by atoms with E-state index in [1.54, 1.807) is 11.3 Å². The number of thiophene rings is 1. The van der Waals surface area contributed by atoms with Gasteiger partial charge in [0, 0.05) is 16.0 Å². The summed E-state index contributed by atoms with van der Waals surface area (Å²) in [4.78, 5) is 0. The average molecular weight is 269 g/mol. The lowest BCUT2D eigenvalue weighted by atomic mass is 10.2. The molecule has 0 aliphatic heterocycles. The lowest BCUT2D eigenvalue weighted by molar-refractivity contribution is 0.306. The Balaban J connectivity index is 1.84. The Kier molecular flexibility index (Phi) is 3.13. The van der Waals surface area contributed by atoms with Gasteiger partial charge >= 0.3 is 0 Å². The summed E-state index contributed by atoms with van der Waals surface area (Å²) in [5, 5.41) is 3.37. The normalized spacial score (nSPS) is 10.8. The summed E-state index contributed by atoms with van der Waals surface area (Å²) in [5.74, 6) is 0.942. The quantitative estimate of drug-likeness (QED) is 0.716. The molecular formula is C16H15NOS. The first kappa shape index (κ1) is 12.1. The number of nitrogens with two attached hydrogens (primary N) is 1. The highest BCUT2D eigenvalue weighted by atomic mass is 32.1. The van der Waals surface area contributed by atoms with Crippen LogP contribution in [0.5, 0.6) is 5.75 Å². The number of benzene rings is 2. The SMILES string of the molecule is Cc1ccccc1OCc1csc2cc(N)ccc12. The summed E-state index contributed by atoms with van der Waals surface area (Å²) in [7, 11) is 0. The first-order valence-corrected chi connectivity index (χ1v) is 7.06. The summed E-state index contributed by atoms with van der Waals surface area (Å²) in [6.45, 7) is 2.65. The second-order valence-corrected chi connectivity index (χ2v) is 5.48. The van der Waals surface area contributed by atoms with E-state index in [1.165, 1.54) is 15.6 Å². The van der Waals surface area contributed by atoms with Gasteiger partial charge in [0.2, 0.25) is 0 Å². The molecule has 0 amide bonds. The van der Waals surface area contributed by atoms with Crippen molar-refractivity contribution in [2.75, 3.05) is 5.73 Å². The van der Waals surface area contributed by atoms with Crippen molar-refractivity contribution in [1.82, 2.24) is 0 Å². The van der Waals surface area contributed by atoms with Crippen molar-refractivity contribution in [2.45, 2.75) is 13.5 Å². The minimum Gasteiger partial charge on any atom is -0.489 e. The van der Waals surface area contributed by atoms with Gasteiger partial charge in [-0.25, -0.2) is 0 Å². The fraction of sp³-hybridized carbons (Fsp3) is 0.125. The van der Waals surface area contributed by atoms with Crippen LogP contribution in [-0.2, 0) is 6.61 Å². The van der Waals surface area contributed by atoms with Gasteiger partial charge < -0.3 is 10.5 Å². The molecule has 0 unspecified atom stereocenters. The maximum Gasteiger partial charge on any atom is 0.122 e. The van der Waals surface area contributed by atoms with Crippen molar-refractivity contribution >= 4 is 27.1 Å². The monoisotopic (exact) mass is 269 g/mol. The molecule has 0 spiro atoms. The Bertz CT molecular complexity index is 718. The average Bonchev–Trinajstić information content (AvgIpc) is 2.80. The third-order valence-electron chi connectivity index (χ3n) is 3.16. The van der Waals surface area contributed by atoms with Gasteiger partial charge in [0.25, 0.3) is 0 Å². The van der Waals surface area contributed by atoms with E-state index in [1.807, 2.05) is 30.3 Å². The van der Waals surface area contributed by atoms with Gasteiger partial charge in [-0.05, 0) is 41.5 Å². The van der Waals surface area contributed by atoms with Gasteiger partial charge in [-0.1, -0.05) is 24.3 Å². The lowest BCUT2D eigenvalue weighted by Crippen LogP contribution is -1.96. The van der Waals surface area contributed by atoms with E-state index in [0.29, 0.717) is 6.61 Å². The van der Waals surface area contributed by atoms with Crippen LogP contribution >= 0.6 is 11.3 Å². The number of hydrogen-bond acceptors (Lipinski definition) is 3.